The molecule has 1 aromatic rings. The maximum Gasteiger partial charge on any atom is 0.501 e. The van der Waals surface area contributed by atoms with Crippen LogP contribution in [0.25, 0.3) is 0 Å². The summed E-state index contributed by atoms with van der Waals surface area (Å²) in [7, 11) is 0. The molecule has 0 spiro atoms. The topological polar surface area (TPSA) is 35.8 Å². The normalized spacial score (nSPS) is 35.9. The van der Waals surface area contributed by atoms with Gasteiger partial charge in [-0.25, -0.2) is 0 Å². The van der Waals surface area contributed by atoms with Gasteiger partial charge < -0.3 is 14.1 Å². The molecule has 1 N–H and O–H groups in total. The lowest BCUT2D eigenvalue weighted by molar-refractivity contribution is -0.781. The third-order valence-corrected chi connectivity index (χ3v) is 3.23. The number of nitrogens with zero attached hydrogens (tertiary/aromatic N) is 1. The first-order valence-electron chi connectivity index (χ1n) is 5.09. The van der Waals surface area contributed by atoms with Crippen molar-refractivity contribution in [3.63, 3.8) is 0 Å². The molecule has 3 rings (SSSR count). The average Bonchev–Trinajstić information content (AvgIpc) is 2.77. The summed E-state index contributed by atoms with van der Waals surface area (Å²) in [4.78, 5) is 5.46. The molecule has 1 aromatic heterocycles. The highest BCUT2D eigenvalue weighted by Crippen LogP contribution is 2.08. The number of aromatic nitrogens is 1. The summed E-state index contributed by atoms with van der Waals surface area (Å²) < 4.78 is 11.7. The second kappa shape index (κ2) is 3.05. The lowest BCUT2D eigenvalue weighted by atomic mass is 9.64. The van der Waals surface area contributed by atoms with Crippen molar-refractivity contribution in [2.45, 2.75) is 0 Å². The van der Waals surface area contributed by atoms with E-state index in [0.29, 0.717) is 0 Å². The van der Waals surface area contributed by atoms with Crippen LogP contribution in [0, 0.1) is 0 Å². The maximum absolute atomic E-state index is 5.83. The minimum Gasteiger partial charge on any atom is -0.505 e. The van der Waals surface area contributed by atoms with Crippen molar-refractivity contribution >= 4 is 12.1 Å². The molecule has 0 saturated carbocycles. The van der Waals surface area contributed by atoms with Gasteiger partial charge in [0.15, 0.2) is 0 Å². The first-order valence-corrected chi connectivity index (χ1v) is 5.09. The minimum atomic E-state index is -1.23. The van der Waals surface area contributed by atoms with E-state index in [4.69, 9.17) is 9.31 Å². The molecular formula is C9H13BN2O2. The van der Waals surface area contributed by atoms with Crippen LogP contribution >= 0.6 is 0 Å². The average molecular weight is 192 g/mol. The zero-order chi connectivity index (χ0) is 9.43. The highest BCUT2D eigenvalue weighted by atomic mass is 16.6. The second-order valence-corrected chi connectivity index (χ2v) is 3.89. The van der Waals surface area contributed by atoms with Crippen LogP contribution in [0.2, 0.25) is 0 Å². The zero-order valence-electron chi connectivity index (χ0n) is 7.98. The van der Waals surface area contributed by atoms with E-state index in [2.05, 4.69) is 4.98 Å². The van der Waals surface area contributed by atoms with Crippen molar-refractivity contribution in [1.82, 2.24) is 4.98 Å². The molecule has 14 heavy (non-hydrogen) atoms. The summed E-state index contributed by atoms with van der Waals surface area (Å²) >= 11 is 0. The standard InChI is InChI=1S/C9H13BN2O2/c1-3-11-4-2-9(1)10-12(5-7-13-10)6-8-14-10/h1-4,12H,5-8H2. The largest absolute Gasteiger partial charge is 0.505 e. The molecule has 4 nitrogen and oxygen atoms in total. The van der Waals surface area contributed by atoms with Gasteiger partial charge in [0.2, 0.25) is 0 Å². The van der Waals surface area contributed by atoms with Gasteiger partial charge in [0.25, 0.3) is 0 Å². The molecule has 0 radical (unpaired) electrons. The van der Waals surface area contributed by atoms with Crippen LogP contribution in [-0.2, 0) is 9.31 Å². The van der Waals surface area contributed by atoms with Crippen molar-refractivity contribution in [3.8, 4) is 0 Å². The maximum atomic E-state index is 5.83. The highest BCUT2D eigenvalue weighted by molar-refractivity contribution is 6.74. The Hall–Kier alpha value is -0.905. The van der Waals surface area contributed by atoms with E-state index in [0.717, 1.165) is 31.8 Å². The second-order valence-electron chi connectivity index (χ2n) is 3.89. The van der Waals surface area contributed by atoms with E-state index < -0.39 is 6.69 Å². The summed E-state index contributed by atoms with van der Waals surface area (Å²) in [5, 5.41) is 0. The van der Waals surface area contributed by atoms with E-state index in [1.54, 1.807) is 12.4 Å². The van der Waals surface area contributed by atoms with E-state index in [1.165, 1.54) is 4.81 Å². The van der Waals surface area contributed by atoms with Crippen LogP contribution in [0.15, 0.2) is 24.5 Å². The van der Waals surface area contributed by atoms with E-state index in [-0.39, 0.29) is 0 Å². The molecule has 0 aromatic carbocycles. The Bertz CT molecular complexity index is 323. The number of hydrogen-bond donors (Lipinski definition) is 1. The third-order valence-electron chi connectivity index (χ3n) is 3.23. The van der Waals surface area contributed by atoms with E-state index >= 15 is 0 Å². The Kier molecular flexibility index (Phi) is 1.83. The number of pyridine rings is 1. The number of nitrogens with one attached hydrogen (secondary N) is 1. The van der Waals surface area contributed by atoms with Crippen LogP contribution in [0.1, 0.15) is 0 Å². The lowest BCUT2D eigenvalue weighted by Crippen LogP contribution is -3.21. The predicted octanol–water partition coefficient (Wildman–Crippen LogP) is -1.83. The first-order chi connectivity index (χ1) is 6.92. The summed E-state index contributed by atoms with van der Waals surface area (Å²) in [6.45, 7) is 2.49. The fourth-order valence-electron chi connectivity index (χ4n) is 2.55. The van der Waals surface area contributed by atoms with Gasteiger partial charge in [0.05, 0.1) is 26.3 Å². The van der Waals surface area contributed by atoms with Crippen molar-refractivity contribution in [2.24, 2.45) is 0 Å². The number of hydrogen-bond acceptors (Lipinski definition) is 3. The van der Waals surface area contributed by atoms with Gasteiger partial charge in [-0.05, 0) is 0 Å². The van der Waals surface area contributed by atoms with Gasteiger partial charge in [0.1, 0.15) is 0 Å². The van der Waals surface area contributed by atoms with E-state index in [9.17, 15) is 0 Å². The lowest BCUT2D eigenvalue weighted by Gasteiger charge is -2.31. The number of quaternary nitrogens is 1. The molecule has 0 bridgehead atoms. The first kappa shape index (κ1) is 8.41. The minimum absolute atomic E-state index is 0.803. The Morgan fingerprint density at radius 2 is 1.79 bits per heavy atom. The van der Waals surface area contributed by atoms with Gasteiger partial charge in [-0.15, -0.1) is 0 Å². The Labute approximate surface area is 82.8 Å². The van der Waals surface area contributed by atoms with Crippen LogP contribution in [0.5, 0.6) is 0 Å². The summed E-state index contributed by atoms with van der Waals surface area (Å²) in [5.41, 5.74) is 1.14. The molecule has 3 heterocycles. The summed E-state index contributed by atoms with van der Waals surface area (Å²) in [6, 6.07) is 3.99. The van der Waals surface area contributed by atoms with Gasteiger partial charge in [0, 0.05) is 12.4 Å². The molecule has 2 fully saturated rings. The molecule has 2 aliphatic rings. The van der Waals surface area contributed by atoms with Crippen LogP contribution in [-0.4, -0.2) is 38.0 Å². The molecule has 74 valence electrons. The van der Waals surface area contributed by atoms with E-state index in [1.807, 2.05) is 12.1 Å². The molecule has 5 heteroatoms. The molecular weight excluding hydrogens is 179 g/mol. The van der Waals surface area contributed by atoms with Crippen molar-refractivity contribution in [2.75, 3.05) is 26.3 Å². The van der Waals surface area contributed by atoms with Crippen LogP contribution in [0.3, 0.4) is 0 Å². The molecule has 0 atom stereocenters. The van der Waals surface area contributed by atoms with Gasteiger partial charge >= 0.3 is 6.69 Å². The van der Waals surface area contributed by atoms with Crippen LogP contribution in [0.4, 0.5) is 0 Å². The van der Waals surface area contributed by atoms with Gasteiger partial charge in [-0.2, -0.15) is 0 Å². The van der Waals surface area contributed by atoms with Crippen LogP contribution < -0.4 is 10.3 Å². The Balaban J connectivity index is 2.03. The number of rotatable bonds is 1. The summed E-state index contributed by atoms with van der Waals surface area (Å²) in [5.74, 6) is 0. The zero-order valence-corrected chi connectivity index (χ0v) is 7.98. The fraction of sp³-hybridized carbons (Fsp3) is 0.444. The van der Waals surface area contributed by atoms with Crippen molar-refractivity contribution in [1.29, 1.82) is 0 Å². The quantitative estimate of drug-likeness (QED) is 0.532. The molecule has 2 saturated heterocycles. The molecule has 0 amide bonds. The van der Waals surface area contributed by atoms with Crippen molar-refractivity contribution < 1.29 is 14.1 Å². The fourth-order valence-corrected chi connectivity index (χ4v) is 2.55. The Morgan fingerprint density at radius 1 is 1.14 bits per heavy atom. The Morgan fingerprint density at radius 3 is 2.43 bits per heavy atom. The van der Waals surface area contributed by atoms with Gasteiger partial charge in [-0.3, -0.25) is 4.98 Å². The highest BCUT2D eigenvalue weighted by Gasteiger charge is 2.50. The smallest absolute Gasteiger partial charge is 0.501 e. The SMILES string of the molecule is c1cc([B-]23OCC[NH+]2CCO3)ccn1. The number of fused-ring (bicyclic) bond motifs is 1. The predicted molar refractivity (Wildman–Crippen MR) is 52.2 cm³/mol. The molecule has 0 aliphatic carbocycles. The molecule has 2 aliphatic heterocycles. The monoisotopic (exact) mass is 192 g/mol. The van der Waals surface area contributed by atoms with Crippen molar-refractivity contribution in [3.05, 3.63) is 24.5 Å². The third kappa shape index (κ3) is 1.03. The summed E-state index contributed by atoms with van der Waals surface area (Å²) in [6.07, 6.45) is 3.60. The van der Waals surface area contributed by atoms with Gasteiger partial charge in [-0.1, -0.05) is 17.6 Å². The molecule has 0 unspecified atom stereocenters.